The van der Waals surface area contributed by atoms with Gasteiger partial charge in [-0.1, -0.05) is 12.5 Å². The van der Waals surface area contributed by atoms with Gasteiger partial charge in [-0.05, 0) is 61.3 Å². The van der Waals surface area contributed by atoms with Crippen LogP contribution in [0.15, 0.2) is 22.7 Å². The molecular weight excluding hydrogens is 335 g/mol. The van der Waals surface area contributed by atoms with Gasteiger partial charge in [0.05, 0.1) is 10.0 Å². The highest BCUT2D eigenvalue weighted by atomic mass is 79.9. The van der Waals surface area contributed by atoms with Crippen molar-refractivity contribution >= 4 is 21.8 Å². The van der Waals surface area contributed by atoms with Gasteiger partial charge in [0.15, 0.2) is 0 Å². The molecule has 1 N–H and O–H groups in total. The van der Waals surface area contributed by atoms with Crippen molar-refractivity contribution in [3.05, 3.63) is 34.1 Å². The molecule has 1 saturated heterocycles. The molecule has 1 heterocycles. The molecule has 5 heteroatoms. The maximum atomic E-state index is 13.6. The summed E-state index contributed by atoms with van der Waals surface area (Å²) in [5.74, 6) is -0.524. The van der Waals surface area contributed by atoms with Crippen LogP contribution in [-0.4, -0.2) is 36.0 Å². The number of rotatable bonds is 4. The number of amides is 1. The largest absolute Gasteiger partial charge is 0.335 e. The first-order valence-electron chi connectivity index (χ1n) is 7.49. The van der Waals surface area contributed by atoms with Gasteiger partial charge in [0.1, 0.15) is 5.82 Å². The Morgan fingerprint density at radius 3 is 2.86 bits per heavy atom. The molecule has 0 saturated carbocycles. The van der Waals surface area contributed by atoms with E-state index in [-0.39, 0.29) is 16.4 Å². The number of hydrogen-bond donors (Lipinski definition) is 1. The van der Waals surface area contributed by atoms with Crippen molar-refractivity contribution in [3.63, 3.8) is 0 Å². The highest BCUT2D eigenvalue weighted by Crippen LogP contribution is 2.23. The summed E-state index contributed by atoms with van der Waals surface area (Å²) in [4.78, 5) is 14.6. The minimum absolute atomic E-state index is 0.0800. The van der Waals surface area contributed by atoms with Gasteiger partial charge in [-0.3, -0.25) is 4.79 Å². The van der Waals surface area contributed by atoms with Crippen LogP contribution in [0.4, 0.5) is 4.39 Å². The van der Waals surface area contributed by atoms with Crippen LogP contribution in [0.2, 0.25) is 0 Å². The van der Waals surface area contributed by atoms with E-state index in [1.165, 1.54) is 18.9 Å². The van der Waals surface area contributed by atoms with E-state index in [0.29, 0.717) is 18.2 Å². The second-order valence-electron chi connectivity index (χ2n) is 5.80. The molecule has 1 aromatic rings. The Hall–Kier alpha value is -0.940. The van der Waals surface area contributed by atoms with Crippen LogP contribution >= 0.6 is 15.9 Å². The lowest BCUT2D eigenvalue weighted by molar-refractivity contribution is 0.0675. The van der Waals surface area contributed by atoms with E-state index < -0.39 is 5.82 Å². The standard InChI is InChI=1S/C16H22BrFN2O/c1-11(2)20(10-12-6-3-4-9-19-12)16(21)13-7-5-8-14(18)15(13)17/h5,7-8,11-12,19H,3-4,6,9-10H2,1-2H3. The predicted molar refractivity (Wildman–Crippen MR) is 85.9 cm³/mol. The summed E-state index contributed by atoms with van der Waals surface area (Å²) in [5, 5.41) is 3.46. The summed E-state index contributed by atoms with van der Waals surface area (Å²) in [6.45, 7) is 5.66. The van der Waals surface area contributed by atoms with Gasteiger partial charge in [0, 0.05) is 18.6 Å². The number of piperidine rings is 1. The van der Waals surface area contributed by atoms with Gasteiger partial charge in [-0.2, -0.15) is 0 Å². The van der Waals surface area contributed by atoms with Crippen LogP contribution in [-0.2, 0) is 0 Å². The van der Waals surface area contributed by atoms with Crippen LogP contribution in [0.25, 0.3) is 0 Å². The number of carbonyl (C=O) groups excluding carboxylic acids is 1. The van der Waals surface area contributed by atoms with Gasteiger partial charge < -0.3 is 10.2 Å². The van der Waals surface area contributed by atoms with Crippen molar-refractivity contribution in [3.8, 4) is 0 Å². The Balaban J connectivity index is 2.17. The Kier molecular flexibility index (Phi) is 5.76. The zero-order valence-corrected chi connectivity index (χ0v) is 14.1. The SMILES string of the molecule is CC(C)N(CC1CCCCN1)C(=O)c1cccc(F)c1Br. The fourth-order valence-electron chi connectivity index (χ4n) is 2.67. The number of nitrogens with one attached hydrogen (secondary N) is 1. The summed E-state index contributed by atoms with van der Waals surface area (Å²) in [5.41, 5.74) is 0.388. The van der Waals surface area contributed by atoms with E-state index in [9.17, 15) is 9.18 Å². The average Bonchev–Trinajstić information content (AvgIpc) is 2.48. The van der Waals surface area contributed by atoms with E-state index in [2.05, 4.69) is 21.2 Å². The van der Waals surface area contributed by atoms with E-state index in [0.717, 1.165) is 13.0 Å². The van der Waals surface area contributed by atoms with Crippen LogP contribution in [0.1, 0.15) is 43.5 Å². The zero-order valence-electron chi connectivity index (χ0n) is 12.5. The van der Waals surface area contributed by atoms with Crippen molar-refractivity contribution in [1.29, 1.82) is 0 Å². The van der Waals surface area contributed by atoms with E-state index in [1.807, 2.05) is 18.7 Å². The third kappa shape index (κ3) is 4.04. The molecule has 1 aliphatic heterocycles. The summed E-state index contributed by atoms with van der Waals surface area (Å²) in [6, 6.07) is 5.00. The maximum absolute atomic E-state index is 13.6. The fourth-order valence-corrected chi connectivity index (χ4v) is 3.10. The highest BCUT2D eigenvalue weighted by molar-refractivity contribution is 9.10. The molecule has 1 atom stereocenters. The number of hydrogen-bond acceptors (Lipinski definition) is 2. The van der Waals surface area contributed by atoms with E-state index in [1.54, 1.807) is 12.1 Å². The van der Waals surface area contributed by atoms with Crippen molar-refractivity contribution in [2.24, 2.45) is 0 Å². The summed E-state index contributed by atoms with van der Waals surface area (Å²) in [6.07, 6.45) is 3.48. The molecule has 1 aromatic carbocycles. The molecule has 1 fully saturated rings. The lowest BCUT2D eigenvalue weighted by Crippen LogP contribution is -2.48. The monoisotopic (exact) mass is 356 g/mol. The second-order valence-corrected chi connectivity index (χ2v) is 6.59. The van der Waals surface area contributed by atoms with Gasteiger partial charge in [0.2, 0.25) is 0 Å². The maximum Gasteiger partial charge on any atom is 0.255 e. The number of benzene rings is 1. The lowest BCUT2D eigenvalue weighted by atomic mass is 10.0. The molecule has 0 aromatic heterocycles. The van der Waals surface area contributed by atoms with Crippen molar-refractivity contribution in [1.82, 2.24) is 10.2 Å². The molecule has 0 spiro atoms. The molecule has 1 unspecified atom stereocenters. The van der Waals surface area contributed by atoms with Gasteiger partial charge >= 0.3 is 0 Å². The Labute approximate surface area is 134 Å². The first-order valence-corrected chi connectivity index (χ1v) is 8.28. The van der Waals surface area contributed by atoms with Crippen LogP contribution in [0, 0.1) is 5.82 Å². The van der Waals surface area contributed by atoms with E-state index >= 15 is 0 Å². The molecule has 2 rings (SSSR count). The summed E-state index contributed by atoms with van der Waals surface area (Å²) < 4.78 is 13.9. The van der Waals surface area contributed by atoms with Crippen LogP contribution in [0.5, 0.6) is 0 Å². The summed E-state index contributed by atoms with van der Waals surface area (Å²) >= 11 is 3.19. The van der Waals surface area contributed by atoms with Crippen molar-refractivity contribution < 1.29 is 9.18 Å². The zero-order chi connectivity index (χ0) is 15.4. The molecular formula is C16H22BrFN2O. The molecule has 0 radical (unpaired) electrons. The molecule has 1 aliphatic rings. The molecule has 116 valence electrons. The average molecular weight is 357 g/mol. The van der Waals surface area contributed by atoms with E-state index in [4.69, 9.17) is 0 Å². The normalized spacial score (nSPS) is 18.8. The first-order chi connectivity index (χ1) is 10.0. The highest BCUT2D eigenvalue weighted by Gasteiger charge is 2.25. The topological polar surface area (TPSA) is 32.3 Å². The smallest absolute Gasteiger partial charge is 0.255 e. The first kappa shape index (κ1) is 16.4. The number of carbonyl (C=O) groups is 1. The Bertz CT molecular complexity index is 501. The molecule has 21 heavy (non-hydrogen) atoms. The molecule has 1 amide bonds. The number of nitrogens with zero attached hydrogens (tertiary/aromatic N) is 1. The van der Waals surface area contributed by atoms with Gasteiger partial charge in [-0.25, -0.2) is 4.39 Å². The molecule has 3 nitrogen and oxygen atoms in total. The third-order valence-corrected chi connectivity index (χ3v) is 4.70. The van der Waals surface area contributed by atoms with Crippen molar-refractivity contribution in [2.75, 3.05) is 13.1 Å². The second kappa shape index (κ2) is 7.36. The quantitative estimate of drug-likeness (QED) is 0.893. The molecule has 0 aliphatic carbocycles. The van der Waals surface area contributed by atoms with Crippen LogP contribution < -0.4 is 5.32 Å². The minimum atomic E-state index is -0.402. The predicted octanol–water partition coefficient (Wildman–Crippen LogP) is 3.58. The number of halogens is 2. The molecule has 0 bridgehead atoms. The van der Waals surface area contributed by atoms with Gasteiger partial charge in [0.25, 0.3) is 5.91 Å². The third-order valence-electron chi connectivity index (χ3n) is 3.90. The Morgan fingerprint density at radius 2 is 2.24 bits per heavy atom. The Morgan fingerprint density at radius 1 is 1.48 bits per heavy atom. The fraction of sp³-hybridized carbons (Fsp3) is 0.562. The van der Waals surface area contributed by atoms with Crippen LogP contribution in [0.3, 0.4) is 0 Å². The van der Waals surface area contributed by atoms with Gasteiger partial charge in [-0.15, -0.1) is 0 Å². The van der Waals surface area contributed by atoms with Crippen molar-refractivity contribution in [2.45, 2.75) is 45.2 Å². The minimum Gasteiger partial charge on any atom is -0.335 e. The lowest BCUT2D eigenvalue weighted by Gasteiger charge is -2.33. The summed E-state index contributed by atoms with van der Waals surface area (Å²) in [7, 11) is 0.